The number of carbonyl (C=O) groups is 1. The second-order valence-corrected chi connectivity index (χ2v) is 9.53. The van der Waals surface area contributed by atoms with Crippen LogP contribution >= 0.6 is 0 Å². The van der Waals surface area contributed by atoms with Gasteiger partial charge in [0.1, 0.15) is 5.82 Å². The van der Waals surface area contributed by atoms with Crippen molar-refractivity contribution in [2.24, 2.45) is 0 Å². The molecular formula is C24H34FN7O2. The van der Waals surface area contributed by atoms with Crippen LogP contribution in [0.3, 0.4) is 0 Å². The molecule has 34 heavy (non-hydrogen) atoms. The molecule has 1 aliphatic heterocycles. The van der Waals surface area contributed by atoms with E-state index in [4.69, 9.17) is 0 Å². The van der Waals surface area contributed by atoms with Crippen molar-refractivity contribution in [1.82, 2.24) is 30.3 Å². The number of benzene rings is 1. The molecule has 1 amide bonds. The van der Waals surface area contributed by atoms with Gasteiger partial charge in [-0.25, -0.2) is 9.37 Å². The maximum atomic E-state index is 13.2. The zero-order chi connectivity index (χ0) is 24.1. The summed E-state index contributed by atoms with van der Waals surface area (Å²) < 4.78 is 13.2. The number of aromatic nitrogens is 3. The van der Waals surface area contributed by atoms with Crippen LogP contribution in [0.25, 0.3) is 11.3 Å². The number of aliphatic hydroxyl groups excluding tert-OH is 1. The Morgan fingerprint density at radius 1 is 1.18 bits per heavy atom. The lowest BCUT2D eigenvalue weighted by Gasteiger charge is -2.44. The predicted molar refractivity (Wildman–Crippen MR) is 128 cm³/mol. The molecule has 1 aliphatic carbocycles. The van der Waals surface area contributed by atoms with E-state index < -0.39 is 0 Å². The van der Waals surface area contributed by atoms with Crippen molar-refractivity contribution in [3.8, 4) is 11.3 Å². The molecule has 1 saturated heterocycles. The number of nitrogens with zero attached hydrogens (tertiary/aromatic N) is 6. The zero-order valence-electron chi connectivity index (χ0n) is 20.0. The highest BCUT2D eigenvalue weighted by Crippen LogP contribution is 2.32. The first-order chi connectivity index (χ1) is 16.4. The van der Waals surface area contributed by atoms with E-state index >= 15 is 0 Å². The van der Waals surface area contributed by atoms with Crippen LogP contribution in [0.5, 0.6) is 0 Å². The summed E-state index contributed by atoms with van der Waals surface area (Å²) in [6.07, 6.45) is 5.10. The maximum Gasteiger partial charge on any atom is 0.245 e. The molecule has 0 atom stereocenters. The van der Waals surface area contributed by atoms with Crippen LogP contribution in [-0.2, 0) is 4.79 Å². The van der Waals surface area contributed by atoms with Crippen molar-refractivity contribution in [3.05, 3.63) is 36.3 Å². The molecule has 10 heteroatoms. The van der Waals surface area contributed by atoms with E-state index in [-0.39, 0.29) is 29.9 Å². The molecule has 0 spiro atoms. The fraction of sp³-hybridized carbons (Fsp3) is 0.583. The highest BCUT2D eigenvalue weighted by molar-refractivity contribution is 5.78. The number of anilines is 1. The zero-order valence-corrected chi connectivity index (χ0v) is 20.0. The van der Waals surface area contributed by atoms with Gasteiger partial charge >= 0.3 is 0 Å². The molecule has 184 valence electrons. The first-order valence-electron chi connectivity index (χ1n) is 11.9. The third-order valence-electron chi connectivity index (χ3n) is 7.23. The Labute approximate surface area is 200 Å². The highest BCUT2D eigenvalue weighted by Gasteiger charge is 2.37. The molecule has 0 radical (unpaired) electrons. The molecule has 2 N–H and O–H groups in total. The number of likely N-dealkylation sites (N-methyl/N-ethyl adjacent to an activating group) is 1. The fourth-order valence-electron chi connectivity index (χ4n) is 4.82. The lowest BCUT2D eigenvalue weighted by Crippen LogP contribution is -2.54. The van der Waals surface area contributed by atoms with Gasteiger partial charge in [0, 0.05) is 43.3 Å². The third-order valence-corrected chi connectivity index (χ3v) is 7.23. The van der Waals surface area contributed by atoms with Gasteiger partial charge in [0.15, 0.2) is 0 Å². The molecule has 0 bridgehead atoms. The van der Waals surface area contributed by atoms with E-state index in [1.165, 1.54) is 12.1 Å². The number of nitrogens with one attached hydrogen (secondary N) is 1. The molecule has 4 rings (SSSR count). The van der Waals surface area contributed by atoms with Crippen LogP contribution in [0, 0.1) is 5.82 Å². The SMILES string of the molecule is CN(C)[C@]1(CO)CC[C@H](NC(=O)CN2CCN(c3nncc(-c4ccc(F)cc4)n3)CC2)CC1. The van der Waals surface area contributed by atoms with Crippen LogP contribution in [-0.4, -0.2) is 101 Å². The van der Waals surface area contributed by atoms with Crippen LogP contribution in [0.1, 0.15) is 25.7 Å². The number of hydrogen-bond donors (Lipinski definition) is 2. The largest absolute Gasteiger partial charge is 0.394 e. The Morgan fingerprint density at radius 2 is 1.85 bits per heavy atom. The number of piperazine rings is 1. The summed E-state index contributed by atoms with van der Waals surface area (Å²) in [6, 6.07) is 6.33. The topological polar surface area (TPSA) is 97.7 Å². The first-order valence-corrected chi connectivity index (χ1v) is 11.9. The van der Waals surface area contributed by atoms with Crippen molar-refractivity contribution < 1.29 is 14.3 Å². The van der Waals surface area contributed by atoms with Crippen molar-refractivity contribution >= 4 is 11.9 Å². The van der Waals surface area contributed by atoms with Crippen molar-refractivity contribution in [3.63, 3.8) is 0 Å². The van der Waals surface area contributed by atoms with Gasteiger partial charge in [0.05, 0.1) is 25.0 Å². The van der Waals surface area contributed by atoms with Crippen LogP contribution < -0.4 is 10.2 Å². The lowest BCUT2D eigenvalue weighted by molar-refractivity contribution is -0.123. The number of halogens is 1. The van der Waals surface area contributed by atoms with Crippen molar-refractivity contribution in [2.45, 2.75) is 37.3 Å². The average Bonchev–Trinajstić information content (AvgIpc) is 2.85. The van der Waals surface area contributed by atoms with E-state index in [9.17, 15) is 14.3 Å². The van der Waals surface area contributed by atoms with Gasteiger partial charge in [-0.3, -0.25) is 9.69 Å². The molecule has 2 fully saturated rings. The minimum Gasteiger partial charge on any atom is -0.394 e. The molecule has 2 aromatic rings. The van der Waals surface area contributed by atoms with Crippen molar-refractivity contribution in [1.29, 1.82) is 0 Å². The monoisotopic (exact) mass is 471 g/mol. The predicted octanol–water partition coefficient (Wildman–Crippen LogP) is 1.15. The Morgan fingerprint density at radius 3 is 2.47 bits per heavy atom. The first kappa shape index (κ1) is 24.4. The summed E-state index contributed by atoms with van der Waals surface area (Å²) in [7, 11) is 4.02. The van der Waals surface area contributed by atoms with Gasteiger partial charge in [-0.05, 0) is 64.0 Å². The van der Waals surface area contributed by atoms with Gasteiger partial charge in [-0.2, -0.15) is 5.10 Å². The van der Waals surface area contributed by atoms with Gasteiger partial charge in [-0.15, -0.1) is 5.10 Å². The number of amides is 1. The molecule has 1 aromatic carbocycles. The number of rotatable bonds is 7. The Balaban J connectivity index is 1.24. The Hall–Kier alpha value is -2.69. The number of carbonyl (C=O) groups excluding carboxylic acids is 1. The van der Waals surface area contributed by atoms with Crippen LogP contribution in [0.2, 0.25) is 0 Å². The lowest BCUT2D eigenvalue weighted by atomic mass is 9.79. The Bertz CT molecular complexity index is 956. The molecule has 9 nitrogen and oxygen atoms in total. The normalized spacial score (nSPS) is 23.8. The van der Waals surface area contributed by atoms with Gasteiger partial charge in [-0.1, -0.05) is 0 Å². The van der Waals surface area contributed by atoms with Gasteiger partial charge in [0.2, 0.25) is 11.9 Å². The van der Waals surface area contributed by atoms with Gasteiger partial charge < -0.3 is 20.2 Å². The number of hydrogen-bond acceptors (Lipinski definition) is 8. The Kier molecular flexibility index (Phi) is 7.70. The number of aliphatic hydroxyl groups is 1. The van der Waals surface area contributed by atoms with Crippen molar-refractivity contribution in [2.75, 3.05) is 58.3 Å². The van der Waals surface area contributed by atoms with Crippen LogP contribution in [0.4, 0.5) is 10.3 Å². The standard InChI is InChI=1S/C24H34FN7O2/c1-30(2)24(17-33)9-7-20(8-10-24)27-22(34)16-31-11-13-32(14-12-31)23-28-21(15-26-29-23)18-3-5-19(25)6-4-18/h3-6,15,20,33H,7-14,16-17H2,1-2H3,(H,27,34)/t20-,24+. The molecule has 0 unspecified atom stereocenters. The van der Waals surface area contributed by atoms with Crippen LogP contribution in [0.15, 0.2) is 30.5 Å². The quantitative estimate of drug-likeness (QED) is 0.621. The summed E-state index contributed by atoms with van der Waals surface area (Å²) in [4.78, 5) is 23.5. The van der Waals surface area contributed by atoms with E-state index in [0.717, 1.165) is 44.3 Å². The molecule has 1 saturated carbocycles. The van der Waals surface area contributed by atoms with E-state index in [1.807, 2.05) is 14.1 Å². The van der Waals surface area contributed by atoms with E-state index in [0.29, 0.717) is 31.3 Å². The fourth-order valence-corrected chi connectivity index (χ4v) is 4.82. The second kappa shape index (κ2) is 10.7. The summed E-state index contributed by atoms with van der Waals surface area (Å²) >= 11 is 0. The summed E-state index contributed by atoms with van der Waals surface area (Å²) in [5.74, 6) is 0.305. The molecule has 2 aliphatic rings. The third kappa shape index (κ3) is 5.68. The van der Waals surface area contributed by atoms with E-state index in [2.05, 4.69) is 35.2 Å². The summed E-state index contributed by atoms with van der Waals surface area (Å²) in [5, 5.41) is 21.2. The molecular weight excluding hydrogens is 437 g/mol. The second-order valence-electron chi connectivity index (χ2n) is 9.53. The highest BCUT2D eigenvalue weighted by atomic mass is 19.1. The summed E-state index contributed by atoms with van der Waals surface area (Å²) in [5.41, 5.74) is 1.28. The van der Waals surface area contributed by atoms with Gasteiger partial charge in [0.25, 0.3) is 0 Å². The smallest absolute Gasteiger partial charge is 0.245 e. The average molecular weight is 472 g/mol. The summed E-state index contributed by atoms with van der Waals surface area (Å²) in [6.45, 7) is 3.39. The minimum atomic E-state index is -0.290. The molecule has 1 aromatic heterocycles. The van der Waals surface area contributed by atoms with E-state index in [1.54, 1.807) is 18.3 Å². The maximum absolute atomic E-state index is 13.2. The minimum absolute atomic E-state index is 0.0519. The molecule has 2 heterocycles.